The smallest absolute Gasteiger partial charge is 0.423 e. The molecule has 1 rings (SSSR count). The molecule has 0 saturated heterocycles. The fourth-order valence-electron chi connectivity index (χ4n) is 1.01. The minimum atomic E-state index is -1.54. The zero-order valence-electron chi connectivity index (χ0n) is 8.40. The van der Waals surface area contributed by atoms with Gasteiger partial charge in [-0.15, -0.1) is 0 Å². The normalized spacial score (nSPS) is 9.53. The summed E-state index contributed by atoms with van der Waals surface area (Å²) in [7, 11) is -1.54. The predicted molar refractivity (Wildman–Crippen MR) is 59.7 cm³/mol. The summed E-state index contributed by atoms with van der Waals surface area (Å²) in [5.41, 5.74) is 1.23. The van der Waals surface area contributed by atoms with Crippen LogP contribution >= 0.6 is 0 Å². The first kappa shape index (κ1) is 11.5. The van der Waals surface area contributed by atoms with Crippen molar-refractivity contribution < 1.29 is 14.8 Å². The molecule has 0 aliphatic heterocycles. The van der Waals surface area contributed by atoms with Crippen molar-refractivity contribution >= 4 is 24.2 Å². The number of anilines is 1. The molecule has 0 heterocycles. The number of hydrogen-bond acceptors (Lipinski definition) is 3. The SMILES string of the molecule is C=C(C)C(=O)Nc1cccc(B(O)O)c1. The molecule has 0 saturated carbocycles. The lowest BCUT2D eigenvalue weighted by Crippen LogP contribution is -2.30. The third-order valence-electron chi connectivity index (χ3n) is 1.83. The molecule has 1 aromatic rings. The molecule has 1 aromatic carbocycles. The third-order valence-corrected chi connectivity index (χ3v) is 1.83. The van der Waals surface area contributed by atoms with Crippen molar-refractivity contribution in [3.63, 3.8) is 0 Å². The molecule has 15 heavy (non-hydrogen) atoms. The Morgan fingerprint density at radius 1 is 1.47 bits per heavy atom. The molecule has 0 unspecified atom stereocenters. The number of benzene rings is 1. The maximum Gasteiger partial charge on any atom is 0.488 e. The molecule has 5 heteroatoms. The zero-order valence-corrected chi connectivity index (χ0v) is 8.40. The number of nitrogens with one attached hydrogen (secondary N) is 1. The van der Waals surface area contributed by atoms with E-state index in [2.05, 4.69) is 11.9 Å². The summed E-state index contributed by atoms with van der Waals surface area (Å²) in [5, 5.41) is 20.4. The fourth-order valence-corrected chi connectivity index (χ4v) is 1.01. The first-order valence-electron chi connectivity index (χ1n) is 4.43. The molecule has 0 aliphatic rings. The van der Waals surface area contributed by atoms with E-state index in [4.69, 9.17) is 10.0 Å². The topological polar surface area (TPSA) is 69.6 Å². The molecule has 0 fully saturated rings. The van der Waals surface area contributed by atoms with Crippen LogP contribution in [0.1, 0.15) is 6.92 Å². The Hall–Kier alpha value is -1.59. The molecule has 0 radical (unpaired) electrons. The lowest BCUT2D eigenvalue weighted by Gasteiger charge is -2.06. The fraction of sp³-hybridized carbons (Fsp3) is 0.100. The highest BCUT2D eigenvalue weighted by Gasteiger charge is 2.11. The number of rotatable bonds is 3. The van der Waals surface area contributed by atoms with Crippen LogP contribution in [0.4, 0.5) is 5.69 Å². The van der Waals surface area contributed by atoms with Gasteiger partial charge in [0.2, 0.25) is 0 Å². The Kier molecular flexibility index (Phi) is 3.65. The van der Waals surface area contributed by atoms with Gasteiger partial charge in [-0.1, -0.05) is 18.7 Å². The van der Waals surface area contributed by atoms with Gasteiger partial charge in [0.05, 0.1) is 0 Å². The second kappa shape index (κ2) is 4.77. The Morgan fingerprint density at radius 2 is 2.13 bits per heavy atom. The van der Waals surface area contributed by atoms with Gasteiger partial charge >= 0.3 is 7.12 Å². The van der Waals surface area contributed by atoms with Gasteiger partial charge in [0.1, 0.15) is 0 Å². The summed E-state index contributed by atoms with van der Waals surface area (Å²) >= 11 is 0. The zero-order chi connectivity index (χ0) is 11.4. The molecule has 0 spiro atoms. The molecular weight excluding hydrogens is 193 g/mol. The van der Waals surface area contributed by atoms with E-state index in [0.717, 1.165) is 0 Å². The van der Waals surface area contributed by atoms with Gasteiger partial charge in [0.15, 0.2) is 0 Å². The van der Waals surface area contributed by atoms with Crippen LogP contribution in [0.2, 0.25) is 0 Å². The second-order valence-corrected chi connectivity index (χ2v) is 3.23. The van der Waals surface area contributed by atoms with Crippen LogP contribution in [0.5, 0.6) is 0 Å². The predicted octanol–water partition coefficient (Wildman–Crippen LogP) is -0.119. The number of amides is 1. The first-order valence-corrected chi connectivity index (χ1v) is 4.43. The highest BCUT2D eigenvalue weighted by atomic mass is 16.4. The minimum absolute atomic E-state index is 0.292. The van der Waals surface area contributed by atoms with Crippen LogP contribution in [0.25, 0.3) is 0 Å². The van der Waals surface area contributed by atoms with Crippen LogP contribution < -0.4 is 10.8 Å². The maximum absolute atomic E-state index is 11.3. The van der Waals surface area contributed by atoms with Gasteiger partial charge in [-0.2, -0.15) is 0 Å². The van der Waals surface area contributed by atoms with Crippen molar-refractivity contribution in [3.8, 4) is 0 Å². The van der Waals surface area contributed by atoms with Crippen molar-refractivity contribution in [1.29, 1.82) is 0 Å². The summed E-state index contributed by atoms with van der Waals surface area (Å²) in [6.07, 6.45) is 0. The van der Waals surface area contributed by atoms with Crippen LogP contribution in [-0.4, -0.2) is 23.1 Å². The van der Waals surface area contributed by atoms with E-state index in [1.54, 1.807) is 25.1 Å². The summed E-state index contributed by atoms with van der Waals surface area (Å²) in [4.78, 5) is 11.3. The quantitative estimate of drug-likeness (QED) is 0.476. The average Bonchev–Trinajstić information content (AvgIpc) is 2.18. The van der Waals surface area contributed by atoms with Crippen molar-refractivity contribution in [2.45, 2.75) is 6.92 Å². The molecule has 1 amide bonds. The molecule has 0 bridgehead atoms. The molecule has 0 aliphatic carbocycles. The average molecular weight is 205 g/mol. The maximum atomic E-state index is 11.3. The summed E-state index contributed by atoms with van der Waals surface area (Å²) < 4.78 is 0. The minimum Gasteiger partial charge on any atom is -0.423 e. The summed E-state index contributed by atoms with van der Waals surface area (Å²) in [6.45, 7) is 5.10. The largest absolute Gasteiger partial charge is 0.488 e. The van der Waals surface area contributed by atoms with Crippen molar-refractivity contribution in [2.75, 3.05) is 5.32 Å². The number of carbonyl (C=O) groups is 1. The molecule has 3 N–H and O–H groups in total. The van der Waals surface area contributed by atoms with Crippen molar-refractivity contribution in [2.24, 2.45) is 0 Å². The monoisotopic (exact) mass is 205 g/mol. The van der Waals surface area contributed by atoms with E-state index in [9.17, 15) is 4.79 Å². The van der Waals surface area contributed by atoms with Gasteiger partial charge in [-0.05, 0) is 24.5 Å². The van der Waals surface area contributed by atoms with Crippen LogP contribution in [0, 0.1) is 0 Å². The van der Waals surface area contributed by atoms with E-state index in [1.807, 2.05) is 0 Å². The second-order valence-electron chi connectivity index (χ2n) is 3.23. The highest BCUT2D eigenvalue weighted by Crippen LogP contribution is 2.05. The van der Waals surface area contributed by atoms with Gasteiger partial charge in [0.25, 0.3) is 5.91 Å². The molecular formula is C10H12BNO3. The Labute approximate surface area is 88.4 Å². The van der Waals surface area contributed by atoms with E-state index >= 15 is 0 Å². The standard InChI is InChI=1S/C10H12BNO3/c1-7(2)10(13)12-9-5-3-4-8(6-9)11(14)15/h3-6,14-15H,1H2,2H3,(H,12,13). The molecule has 0 aromatic heterocycles. The Morgan fingerprint density at radius 3 is 2.67 bits per heavy atom. The summed E-state index contributed by atoms with van der Waals surface area (Å²) in [5.74, 6) is -0.292. The van der Waals surface area contributed by atoms with E-state index in [-0.39, 0.29) is 5.91 Å². The van der Waals surface area contributed by atoms with E-state index in [1.165, 1.54) is 6.07 Å². The Balaban J connectivity index is 2.82. The van der Waals surface area contributed by atoms with Crippen LogP contribution in [-0.2, 0) is 4.79 Å². The van der Waals surface area contributed by atoms with Crippen molar-refractivity contribution in [1.82, 2.24) is 0 Å². The molecule has 0 atom stereocenters. The van der Waals surface area contributed by atoms with E-state index < -0.39 is 7.12 Å². The number of carbonyl (C=O) groups excluding carboxylic acids is 1. The van der Waals surface area contributed by atoms with Crippen LogP contribution in [0.15, 0.2) is 36.4 Å². The molecule has 78 valence electrons. The number of hydrogen-bond donors (Lipinski definition) is 3. The van der Waals surface area contributed by atoms with Gasteiger partial charge in [-0.25, -0.2) is 0 Å². The lowest BCUT2D eigenvalue weighted by molar-refractivity contribution is -0.112. The first-order chi connectivity index (χ1) is 7.00. The van der Waals surface area contributed by atoms with E-state index in [0.29, 0.717) is 16.7 Å². The Bertz CT molecular complexity index is 390. The third kappa shape index (κ3) is 3.23. The lowest BCUT2D eigenvalue weighted by atomic mass is 9.80. The molecule has 4 nitrogen and oxygen atoms in total. The van der Waals surface area contributed by atoms with Crippen LogP contribution in [0.3, 0.4) is 0 Å². The van der Waals surface area contributed by atoms with Gasteiger partial charge in [0, 0.05) is 11.3 Å². The van der Waals surface area contributed by atoms with Crippen molar-refractivity contribution in [3.05, 3.63) is 36.4 Å². The highest BCUT2D eigenvalue weighted by molar-refractivity contribution is 6.58. The van der Waals surface area contributed by atoms with Gasteiger partial charge < -0.3 is 15.4 Å². The van der Waals surface area contributed by atoms with Gasteiger partial charge in [-0.3, -0.25) is 4.79 Å². The summed E-state index contributed by atoms with van der Waals surface area (Å²) in [6, 6.07) is 6.34.